The van der Waals surface area contributed by atoms with Gasteiger partial charge in [0.25, 0.3) is 5.91 Å². The third kappa shape index (κ3) is 3.76. The lowest BCUT2D eigenvalue weighted by molar-refractivity contribution is -0.120. The Labute approximate surface area is 162 Å². The number of carbonyl (C=O) groups is 2. The van der Waals surface area contributed by atoms with Crippen LogP contribution < -0.4 is 15.5 Å². The molecule has 1 heterocycles. The van der Waals surface area contributed by atoms with Crippen LogP contribution in [0.5, 0.6) is 5.75 Å². The van der Waals surface area contributed by atoms with Gasteiger partial charge in [0.05, 0.1) is 12.1 Å². The van der Waals surface area contributed by atoms with Gasteiger partial charge in [0, 0.05) is 25.3 Å². The number of anilines is 1. The number of benzene rings is 3. The molecule has 28 heavy (non-hydrogen) atoms. The predicted octanol–water partition coefficient (Wildman–Crippen LogP) is 2.41. The van der Waals surface area contributed by atoms with Crippen LogP contribution >= 0.6 is 0 Å². The molecule has 0 unspecified atom stereocenters. The number of hydrogen-bond donors (Lipinski definition) is 3. The van der Waals surface area contributed by atoms with Crippen molar-refractivity contribution in [2.24, 2.45) is 0 Å². The largest absolute Gasteiger partial charge is 0.507 e. The summed E-state index contributed by atoms with van der Waals surface area (Å²) >= 11 is 0. The molecule has 6 nitrogen and oxygen atoms in total. The molecule has 0 atom stereocenters. The number of nitrogens with one attached hydrogen (secondary N) is 2. The van der Waals surface area contributed by atoms with Crippen LogP contribution in [-0.2, 0) is 11.3 Å². The minimum Gasteiger partial charge on any atom is -0.507 e. The van der Waals surface area contributed by atoms with Gasteiger partial charge in [-0.1, -0.05) is 36.4 Å². The number of carbonyl (C=O) groups excluding carboxylic acids is 2. The summed E-state index contributed by atoms with van der Waals surface area (Å²) in [5, 5.41) is 17.6. The first-order valence-electron chi connectivity index (χ1n) is 9.21. The molecule has 1 aliphatic rings. The number of nitrogens with zero attached hydrogens (tertiary/aromatic N) is 1. The standard InChI is InChI=1S/C22H21N3O3/c26-20-12-17-4-2-1-3-16(17)11-19(20)22(28)24-13-15-5-7-18(8-6-15)25-10-9-23-21(27)14-25/h1-8,11-12,26H,9-10,13-14H2,(H,23,27)(H,24,28). The van der Waals surface area contributed by atoms with Gasteiger partial charge in [-0.25, -0.2) is 0 Å². The Morgan fingerprint density at radius 2 is 1.79 bits per heavy atom. The first-order valence-corrected chi connectivity index (χ1v) is 9.21. The topological polar surface area (TPSA) is 81.7 Å². The first kappa shape index (κ1) is 17.9. The van der Waals surface area contributed by atoms with Gasteiger partial charge >= 0.3 is 0 Å². The van der Waals surface area contributed by atoms with E-state index in [1.165, 1.54) is 0 Å². The highest BCUT2D eigenvalue weighted by Gasteiger charge is 2.16. The molecular weight excluding hydrogens is 354 g/mol. The number of amides is 2. The molecular formula is C22H21N3O3. The van der Waals surface area contributed by atoms with Crippen molar-refractivity contribution in [2.45, 2.75) is 6.54 Å². The summed E-state index contributed by atoms with van der Waals surface area (Å²) in [6, 6.07) is 18.7. The molecule has 3 aromatic carbocycles. The summed E-state index contributed by atoms with van der Waals surface area (Å²) in [5.74, 6) is -0.326. The van der Waals surface area contributed by atoms with E-state index in [1.54, 1.807) is 12.1 Å². The SMILES string of the molecule is O=C1CN(c2ccc(CNC(=O)c3cc4ccccc4cc3O)cc2)CCN1. The average molecular weight is 375 g/mol. The van der Waals surface area contributed by atoms with Gasteiger partial charge in [0.1, 0.15) is 5.75 Å². The lowest BCUT2D eigenvalue weighted by Gasteiger charge is -2.28. The number of hydrogen-bond acceptors (Lipinski definition) is 4. The Kier molecular flexibility index (Phi) is 4.85. The van der Waals surface area contributed by atoms with Crippen molar-refractivity contribution in [3.05, 3.63) is 71.8 Å². The highest BCUT2D eigenvalue weighted by Crippen LogP contribution is 2.25. The van der Waals surface area contributed by atoms with Gasteiger partial charge in [0.2, 0.25) is 5.91 Å². The van der Waals surface area contributed by atoms with Crippen LogP contribution in [0.1, 0.15) is 15.9 Å². The lowest BCUT2D eigenvalue weighted by atomic mass is 10.1. The van der Waals surface area contributed by atoms with E-state index in [0.29, 0.717) is 19.6 Å². The van der Waals surface area contributed by atoms with Crippen LogP contribution in [0, 0.1) is 0 Å². The van der Waals surface area contributed by atoms with E-state index < -0.39 is 0 Å². The van der Waals surface area contributed by atoms with Gasteiger partial charge in [-0.15, -0.1) is 0 Å². The van der Waals surface area contributed by atoms with Gasteiger partial charge < -0.3 is 20.6 Å². The minimum absolute atomic E-state index is 0.0257. The third-order valence-electron chi connectivity index (χ3n) is 4.90. The van der Waals surface area contributed by atoms with Crippen molar-refractivity contribution in [3.8, 4) is 5.75 Å². The van der Waals surface area contributed by atoms with Crippen molar-refractivity contribution in [1.82, 2.24) is 10.6 Å². The molecule has 1 saturated heterocycles. The Morgan fingerprint density at radius 1 is 1.07 bits per heavy atom. The molecule has 0 radical (unpaired) electrons. The molecule has 3 aromatic rings. The van der Waals surface area contributed by atoms with Crippen LogP contribution in [-0.4, -0.2) is 36.6 Å². The highest BCUT2D eigenvalue weighted by atomic mass is 16.3. The van der Waals surface area contributed by atoms with Gasteiger partial charge in [-0.2, -0.15) is 0 Å². The summed E-state index contributed by atoms with van der Waals surface area (Å²) in [7, 11) is 0. The molecule has 6 heteroatoms. The van der Waals surface area contributed by atoms with Crippen LogP contribution in [0.4, 0.5) is 5.69 Å². The number of piperazine rings is 1. The number of rotatable bonds is 4. The quantitative estimate of drug-likeness (QED) is 0.654. The molecule has 0 aliphatic carbocycles. The number of phenolic OH excluding ortho intramolecular Hbond substituents is 1. The summed E-state index contributed by atoms with van der Waals surface area (Å²) in [6.07, 6.45) is 0. The van der Waals surface area contributed by atoms with E-state index in [2.05, 4.69) is 10.6 Å². The van der Waals surface area contributed by atoms with E-state index in [-0.39, 0.29) is 23.1 Å². The molecule has 0 bridgehead atoms. The lowest BCUT2D eigenvalue weighted by Crippen LogP contribution is -2.47. The summed E-state index contributed by atoms with van der Waals surface area (Å²) in [4.78, 5) is 26.0. The van der Waals surface area contributed by atoms with Crippen LogP contribution in [0.2, 0.25) is 0 Å². The van der Waals surface area contributed by atoms with E-state index in [9.17, 15) is 14.7 Å². The van der Waals surface area contributed by atoms with Crippen molar-refractivity contribution < 1.29 is 14.7 Å². The molecule has 0 saturated carbocycles. The van der Waals surface area contributed by atoms with Crippen molar-refractivity contribution >= 4 is 28.3 Å². The monoisotopic (exact) mass is 375 g/mol. The van der Waals surface area contributed by atoms with Crippen molar-refractivity contribution in [1.29, 1.82) is 0 Å². The Balaban J connectivity index is 1.42. The summed E-state index contributed by atoms with van der Waals surface area (Å²) in [6.45, 7) is 2.14. The fraction of sp³-hybridized carbons (Fsp3) is 0.182. The van der Waals surface area contributed by atoms with Crippen molar-refractivity contribution in [3.63, 3.8) is 0 Å². The van der Waals surface area contributed by atoms with E-state index >= 15 is 0 Å². The third-order valence-corrected chi connectivity index (χ3v) is 4.90. The maximum Gasteiger partial charge on any atom is 0.255 e. The Hall–Kier alpha value is -3.54. The zero-order valence-electron chi connectivity index (χ0n) is 15.3. The van der Waals surface area contributed by atoms with Gasteiger partial charge in [0.15, 0.2) is 0 Å². The second-order valence-electron chi connectivity index (χ2n) is 6.84. The van der Waals surface area contributed by atoms with Crippen LogP contribution in [0.25, 0.3) is 10.8 Å². The zero-order chi connectivity index (χ0) is 19.5. The minimum atomic E-state index is -0.319. The maximum atomic E-state index is 12.5. The van der Waals surface area contributed by atoms with E-state index in [1.807, 2.05) is 53.4 Å². The predicted molar refractivity (Wildman–Crippen MR) is 108 cm³/mol. The molecule has 142 valence electrons. The molecule has 1 aliphatic heterocycles. The van der Waals surface area contributed by atoms with E-state index in [0.717, 1.165) is 28.6 Å². The van der Waals surface area contributed by atoms with Gasteiger partial charge in [-0.05, 0) is 40.6 Å². The van der Waals surface area contributed by atoms with Crippen LogP contribution in [0.15, 0.2) is 60.7 Å². The number of aromatic hydroxyl groups is 1. The second-order valence-corrected chi connectivity index (χ2v) is 6.84. The normalized spacial score (nSPS) is 14.0. The number of fused-ring (bicyclic) bond motifs is 1. The highest BCUT2D eigenvalue weighted by molar-refractivity contribution is 6.01. The molecule has 0 spiro atoms. The smallest absolute Gasteiger partial charge is 0.255 e. The molecule has 0 aromatic heterocycles. The molecule has 4 rings (SSSR count). The maximum absolute atomic E-state index is 12.5. The zero-order valence-corrected chi connectivity index (χ0v) is 15.3. The summed E-state index contributed by atoms with van der Waals surface area (Å²) < 4.78 is 0. The molecule has 2 amide bonds. The Bertz CT molecular complexity index is 1030. The van der Waals surface area contributed by atoms with Crippen molar-refractivity contribution in [2.75, 3.05) is 24.5 Å². The fourth-order valence-electron chi connectivity index (χ4n) is 3.37. The average Bonchev–Trinajstić information content (AvgIpc) is 2.72. The summed E-state index contributed by atoms with van der Waals surface area (Å²) in [5.41, 5.74) is 2.19. The molecule has 1 fully saturated rings. The molecule has 3 N–H and O–H groups in total. The first-order chi connectivity index (χ1) is 13.6. The second kappa shape index (κ2) is 7.60. The fourth-order valence-corrected chi connectivity index (χ4v) is 3.37. The van der Waals surface area contributed by atoms with E-state index in [4.69, 9.17) is 0 Å². The number of phenols is 1. The van der Waals surface area contributed by atoms with Gasteiger partial charge in [-0.3, -0.25) is 9.59 Å². The Morgan fingerprint density at radius 3 is 2.50 bits per heavy atom. The van der Waals surface area contributed by atoms with Crippen LogP contribution in [0.3, 0.4) is 0 Å².